The molecule has 102 valence electrons. The Labute approximate surface area is 102 Å². The van der Waals surface area contributed by atoms with Crippen LogP contribution in [0, 0.1) is 5.92 Å². The summed E-state index contributed by atoms with van der Waals surface area (Å²) < 4.78 is 25.3. The third kappa shape index (κ3) is 5.99. The summed E-state index contributed by atoms with van der Waals surface area (Å²) in [4.78, 5) is 10.6. The fourth-order valence-electron chi connectivity index (χ4n) is 1.22. The smallest absolute Gasteiger partial charge is 0.336 e. The SMILES string of the molecule is CCC(CC)CS(=O)(=O)NCC(C)(O)C(=O)O. The van der Waals surface area contributed by atoms with Gasteiger partial charge in [-0.05, 0) is 12.8 Å². The number of aliphatic carboxylic acids is 1. The third-order valence-electron chi connectivity index (χ3n) is 2.71. The van der Waals surface area contributed by atoms with Crippen molar-refractivity contribution in [1.82, 2.24) is 4.72 Å². The summed E-state index contributed by atoms with van der Waals surface area (Å²) in [5.41, 5.74) is -2.08. The van der Waals surface area contributed by atoms with E-state index in [1.54, 1.807) is 0 Å². The summed E-state index contributed by atoms with van der Waals surface area (Å²) in [6.07, 6.45) is 1.49. The number of hydrogen-bond acceptors (Lipinski definition) is 4. The monoisotopic (exact) mass is 267 g/mol. The number of hydrogen-bond donors (Lipinski definition) is 3. The van der Waals surface area contributed by atoms with Crippen LogP contribution < -0.4 is 4.72 Å². The van der Waals surface area contributed by atoms with Gasteiger partial charge < -0.3 is 10.2 Å². The Morgan fingerprint density at radius 1 is 1.35 bits per heavy atom. The molecule has 0 amide bonds. The van der Waals surface area contributed by atoms with Gasteiger partial charge in [-0.2, -0.15) is 0 Å². The van der Waals surface area contributed by atoms with E-state index in [1.165, 1.54) is 0 Å². The van der Waals surface area contributed by atoms with Crippen molar-refractivity contribution < 1.29 is 23.4 Å². The Hall–Kier alpha value is -0.660. The molecule has 0 aliphatic rings. The number of carboxylic acids is 1. The van der Waals surface area contributed by atoms with Gasteiger partial charge in [0.1, 0.15) is 0 Å². The largest absolute Gasteiger partial charge is 0.479 e. The van der Waals surface area contributed by atoms with E-state index < -0.39 is 28.1 Å². The van der Waals surface area contributed by atoms with E-state index in [-0.39, 0.29) is 11.7 Å². The maximum absolute atomic E-state index is 11.6. The molecule has 7 heteroatoms. The molecule has 0 aromatic rings. The summed E-state index contributed by atoms with van der Waals surface area (Å²) in [6, 6.07) is 0. The van der Waals surface area contributed by atoms with Crippen molar-refractivity contribution >= 4 is 16.0 Å². The highest BCUT2D eigenvalue weighted by Crippen LogP contribution is 2.10. The number of carboxylic acid groups (broad SMARTS) is 1. The van der Waals surface area contributed by atoms with Crippen LogP contribution in [0.25, 0.3) is 0 Å². The number of carbonyl (C=O) groups is 1. The molecule has 0 bridgehead atoms. The number of rotatable bonds is 8. The molecule has 3 N–H and O–H groups in total. The molecule has 0 saturated carbocycles. The number of sulfonamides is 1. The quantitative estimate of drug-likeness (QED) is 0.582. The lowest BCUT2D eigenvalue weighted by Crippen LogP contribution is -2.47. The zero-order valence-corrected chi connectivity index (χ0v) is 11.2. The minimum absolute atomic E-state index is 0.0438. The topological polar surface area (TPSA) is 104 Å². The van der Waals surface area contributed by atoms with Gasteiger partial charge in [0.05, 0.1) is 5.75 Å². The fourth-order valence-corrected chi connectivity index (χ4v) is 2.93. The first kappa shape index (κ1) is 16.3. The van der Waals surface area contributed by atoms with Crippen LogP contribution in [0.1, 0.15) is 33.6 Å². The van der Waals surface area contributed by atoms with Crippen LogP contribution in [-0.2, 0) is 14.8 Å². The van der Waals surface area contributed by atoms with Crippen LogP contribution in [0.15, 0.2) is 0 Å². The Balaban J connectivity index is 4.43. The summed E-state index contributed by atoms with van der Waals surface area (Å²) in [5, 5.41) is 18.0. The van der Waals surface area contributed by atoms with Crippen LogP contribution in [0.4, 0.5) is 0 Å². The first-order valence-electron chi connectivity index (χ1n) is 5.57. The predicted molar refractivity (Wildman–Crippen MR) is 64.1 cm³/mol. The third-order valence-corrected chi connectivity index (χ3v) is 4.20. The van der Waals surface area contributed by atoms with Gasteiger partial charge in [-0.25, -0.2) is 17.9 Å². The Kier molecular flexibility index (Phi) is 6.08. The molecule has 0 aliphatic carbocycles. The van der Waals surface area contributed by atoms with Crippen LogP contribution in [-0.4, -0.2) is 42.5 Å². The fraction of sp³-hybridized carbons (Fsp3) is 0.900. The second-order valence-corrected chi connectivity index (χ2v) is 6.22. The Morgan fingerprint density at radius 2 is 1.82 bits per heavy atom. The van der Waals surface area contributed by atoms with Crippen molar-refractivity contribution in [1.29, 1.82) is 0 Å². The predicted octanol–water partition coefficient (Wildman–Crippen LogP) is 0.178. The molecule has 0 heterocycles. The normalized spacial score (nSPS) is 15.8. The molecular weight excluding hydrogens is 246 g/mol. The lowest BCUT2D eigenvalue weighted by Gasteiger charge is -2.19. The van der Waals surface area contributed by atoms with Crippen LogP contribution in [0.2, 0.25) is 0 Å². The first-order valence-corrected chi connectivity index (χ1v) is 7.23. The molecule has 0 aliphatic heterocycles. The van der Waals surface area contributed by atoms with Crippen LogP contribution >= 0.6 is 0 Å². The van der Waals surface area contributed by atoms with Gasteiger partial charge in [0.15, 0.2) is 5.60 Å². The standard InChI is InChI=1S/C10H21NO5S/c1-4-8(5-2)6-17(15,16)11-7-10(3,14)9(12)13/h8,11,14H,4-7H2,1-3H3,(H,12,13). The molecule has 1 unspecified atom stereocenters. The minimum atomic E-state index is -3.55. The highest BCUT2D eigenvalue weighted by molar-refractivity contribution is 7.89. The lowest BCUT2D eigenvalue weighted by molar-refractivity contribution is -0.155. The van der Waals surface area contributed by atoms with E-state index in [2.05, 4.69) is 4.72 Å². The highest BCUT2D eigenvalue weighted by atomic mass is 32.2. The molecule has 0 radical (unpaired) electrons. The average Bonchev–Trinajstić information content (AvgIpc) is 2.23. The van der Waals surface area contributed by atoms with Crippen molar-refractivity contribution in [3.05, 3.63) is 0 Å². The molecule has 17 heavy (non-hydrogen) atoms. The van der Waals surface area contributed by atoms with Gasteiger partial charge in [0, 0.05) is 6.54 Å². The molecule has 0 saturated heterocycles. The van der Waals surface area contributed by atoms with Gasteiger partial charge in [0.25, 0.3) is 0 Å². The van der Waals surface area contributed by atoms with Crippen molar-refractivity contribution in [3.63, 3.8) is 0 Å². The van der Waals surface area contributed by atoms with E-state index in [4.69, 9.17) is 5.11 Å². The first-order chi connectivity index (χ1) is 7.64. The second kappa shape index (κ2) is 6.32. The van der Waals surface area contributed by atoms with E-state index >= 15 is 0 Å². The maximum atomic E-state index is 11.6. The zero-order valence-electron chi connectivity index (χ0n) is 10.4. The molecule has 1 atom stereocenters. The van der Waals surface area contributed by atoms with Gasteiger partial charge in [-0.1, -0.05) is 26.7 Å². The molecule has 0 rings (SSSR count). The second-order valence-electron chi connectivity index (χ2n) is 4.36. The van der Waals surface area contributed by atoms with E-state index in [0.29, 0.717) is 0 Å². The molecule has 0 aromatic heterocycles. The lowest BCUT2D eigenvalue weighted by atomic mass is 10.1. The molecule has 0 spiro atoms. The molecular formula is C10H21NO5S. The molecule has 0 aromatic carbocycles. The van der Waals surface area contributed by atoms with E-state index in [0.717, 1.165) is 19.8 Å². The Bertz CT molecular complexity index is 346. The van der Waals surface area contributed by atoms with E-state index in [1.807, 2.05) is 13.8 Å². The summed E-state index contributed by atoms with van der Waals surface area (Å²) >= 11 is 0. The summed E-state index contributed by atoms with van der Waals surface area (Å²) in [6.45, 7) is 4.33. The van der Waals surface area contributed by atoms with Crippen LogP contribution in [0.5, 0.6) is 0 Å². The van der Waals surface area contributed by atoms with Gasteiger partial charge in [-0.15, -0.1) is 0 Å². The number of aliphatic hydroxyl groups is 1. The maximum Gasteiger partial charge on any atom is 0.336 e. The van der Waals surface area contributed by atoms with E-state index in [9.17, 15) is 18.3 Å². The zero-order chi connectivity index (χ0) is 13.7. The summed E-state index contributed by atoms with van der Waals surface area (Å²) in [5.74, 6) is -1.46. The van der Waals surface area contributed by atoms with Crippen molar-refractivity contribution in [2.24, 2.45) is 5.92 Å². The molecule has 6 nitrogen and oxygen atoms in total. The van der Waals surface area contributed by atoms with Crippen molar-refractivity contribution in [3.8, 4) is 0 Å². The number of nitrogens with one attached hydrogen (secondary N) is 1. The van der Waals surface area contributed by atoms with Crippen molar-refractivity contribution in [2.45, 2.75) is 39.2 Å². The van der Waals surface area contributed by atoms with Crippen molar-refractivity contribution in [2.75, 3.05) is 12.3 Å². The van der Waals surface area contributed by atoms with Gasteiger partial charge in [0.2, 0.25) is 10.0 Å². The van der Waals surface area contributed by atoms with Gasteiger partial charge in [-0.3, -0.25) is 0 Å². The summed E-state index contributed by atoms with van der Waals surface area (Å²) in [7, 11) is -3.55. The average molecular weight is 267 g/mol. The molecule has 0 fully saturated rings. The minimum Gasteiger partial charge on any atom is -0.479 e. The van der Waals surface area contributed by atoms with Gasteiger partial charge >= 0.3 is 5.97 Å². The highest BCUT2D eigenvalue weighted by Gasteiger charge is 2.31. The Morgan fingerprint density at radius 3 is 2.18 bits per heavy atom. The van der Waals surface area contributed by atoms with Crippen LogP contribution in [0.3, 0.4) is 0 Å².